The second-order valence-electron chi connectivity index (χ2n) is 12.5. The van der Waals surface area contributed by atoms with Crippen LogP contribution in [0, 0.1) is 17.8 Å². The number of nitrogens with two attached hydrogens (primary N) is 1. The predicted octanol–water partition coefficient (Wildman–Crippen LogP) is 1.24. The Morgan fingerprint density at radius 3 is 1.78 bits per heavy atom. The van der Waals surface area contributed by atoms with Gasteiger partial charge in [-0.15, -0.1) is 0 Å². The first kappa shape index (κ1) is 40.0. The molecular formula is C33H54N6O7. The number of benzene rings is 1. The normalized spacial score (nSPS) is 15.1. The molecule has 8 N–H and O–H groups in total. The average molecular weight is 647 g/mol. The van der Waals surface area contributed by atoms with Gasteiger partial charge < -0.3 is 37.4 Å². The van der Waals surface area contributed by atoms with Crippen molar-refractivity contribution in [3.05, 3.63) is 35.9 Å². The maximum absolute atomic E-state index is 13.6. The Morgan fingerprint density at radius 1 is 0.696 bits per heavy atom. The second-order valence-corrected chi connectivity index (χ2v) is 12.5. The smallest absolute Gasteiger partial charge is 0.326 e. The van der Waals surface area contributed by atoms with Crippen LogP contribution in [0.2, 0.25) is 0 Å². The minimum Gasteiger partial charge on any atom is -0.480 e. The fourth-order valence-corrected chi connectivity index (χ4v) is 4.68. The number of carbonyl (C=O) groups excluding carboxylic acids is 5. The Hall–Kier alpha value is -4.00. The third kappa shape index (κ3) is 13.6. The lowest BCUT2D eigenvalue weighted by Crippen LogP contribution is -2.60. The van der Waals surface area contributed by atoms with Gasteiger partial charge in [0, 0.05) is 0 Å². The number of rotatable bonds is 20. The molecule has 1 aromatic rings. The highest BCUT2D eigenvalue weighted by Gasteiger charge is 2.33. The monoisotopic (exact) mass is 646 g/mol. The molecule has 5 amide bonds. The molecule has 0 spiro atoms. The zero-order valence-corrected chi connectivity index (χ0v) is 28.2. The molecule has 1 unspecified atom stereocenters. The zero-order valence-electron chi connectivity index (χ0n) is 28.2. The minimum atomic E-state index is -1.19. The largest absolute Gasteiger partial charge is 0.480 e. The maximum atomic E-state index is 13.6. The molecule has 0 saturated carbocycles. The molecular weight excluding hydrogens is 592 g/mol. The Labute approximate surface area is 272 Å². The third-order valence-electron chi connectivity index (χ3n) is 7.83. The van der Waals surface area contributed by atoms with E-state index in [-0.39, 0.29) is 30.6 Å². The molecule has 0 heterocycles. The fourth-order valence-electron chi connectivity index (χ4n) is 4.68. The van der Waals surface area contributed by atoms with E-state index in [1.807, 2.05) is 44.2 Å². The van der Waals surface area contributed by atoms with E-state index in [0.717, 1.165) is 5.56 Å². The highest BCUT2D eigenvalue weighted by molar-refractivity contribution is 5.96. The molecule has 0 aliphatic rings. The summed E-state index contributed by atoms with van der Waals surface area (Å²) < 4.78 is 0. The van der Waals surface area contributed by atoms with Crippen LogP contribution in [0.4, 0.5) is 0 Å². The van der Waals surface area contributed by atoms with E-state index in [9.17, 15) is 33.9 Å². The van der Waals surface area contributed by atoms with E-state index >= 15 is 0 Å². The number of unbranched alkanes of at least 4 members (excludes halogenated alkanes) is 1. The summed E-state index contributed by atoms with van der Waals surface area (Å²) in [6, 6.07) is 3.96. The Morgan fingerprint density at radius 2 is 1.26 bits per heavy atom. The van der Waals surface area contributed by atoms with Gasteiger partial charge in [0.1, 0.15) is 30.2 Å². The van der Waals surface area contributed by atoms with Crippen LogP contribution >= 0.6 is 0 Å². The van der Waals surface area contributed by atoms with Crippen LogP contribution in [0.1, 0.15) is 79.7 Å². The van der Waals surface area contributed by atoms with Crippen molar-refractivity contribution in [1.82, 2.24) is 26.6 Å². The van der Waals surface area contributed by atoms with Crippen LogP contribution in [0.15, 0.2) is 30.3 Å². The molecule has 258 valence electrons. The zero-order chi connectivity index (χ0) is 35.0. The van der Waals surface area contributed by atoms with Gasteiger partial charge in [0.15, 0.2) is 0 Å². The van der Waals surface area contributed by atoms with Crippen LogP contribution in [0.5, 0.6) is 0 Å². The lowest BCUT2D eigenvalue weighted by molar-refractivity contribution is -0.143. The summed E-state index contributed by atoms with van der Waals surface area (Å²) >= 11 is 0. The van der Waals surface area contributed by atoms with Crippen molar-refractivity contribution in [2.24, 2.45) is 23.5 Å². The van der Waals surface area contributed by atoms with Crippen LogP contribution in [-0.4, -0.2) is 77.4 Å². The molecule has 0 saturated heterocycles. The van der Waals surface area contributed by atoms with Crippen molar-refractivity contribution in [3.8, 4) is 0 Å². The summed E-state index contributed by atoms with van der Waals surface area (Å²) in [6.45, 7) is 12.3. The van der Waals surface area contributed by atoms with Crippen LogP contribution in [-0.2, 0) is 35.2 Å². The van der Waals surface area contributed by atoms with Crippen molar-refractivity contribution >= 4 is 35.5 Å². The quantitative estimate of drug-likeness (QED) is 0.102. The molecule has 0 aliphatic heterocycles. The highest BCUT2D eigenvalue weighted by atomic mass is 16.4. The highest BCUT2D eigenvalue weighted by Crippen LogP contribution is 2.12. The first-order chi connectivity index (χ1) is 21.6. The molecule has 0 aliphatic carbocycles. The molecule has 6 atom stereocenters. The van der Waals surface area contributed by atoms with E-state index in [1.165, 1.54) is 6.92 Å². The fraction of sp³-hybridized carbons (Fsp3) is 0.636. The van der Waals surface area contributed by atoms with Crippen molar-refractivity contribution in [2.45, 2.75) is 111 Å². The van der Waals surface area contributed by atoms with Crippen LogP contribution in [0.25, 0.3) is 0 Å². The van der Waals surface area contributed by atoms with Gasteiger partial charge in [-0.05, 0) is 56.0 Å². The van der Waals surface area contributed by atoms with Gasteiger partial charge in [-0.25, -0.2) is 4.79 Å². The number of hydrogen-bond donors (Lipinski definition) is 7. The molecule has 0 aromatic heterocycles. The standard InChI is InChI=1S/C33H54N6O7/c1-8-21(6)28(37-25(40)18-23-14-10-9-11-15-23)32(44)36-24(16-12-13-17-34)30(42)38-26(19(2)3)31(43)35-22(7)29(41)39-27(20(4)5)33(45)46/h9-11,14-15,19-22,24,26-28H,8,12-13,16-18,34H2,1-7H3,(H,35,43)(H,36,44)(H,37,40)(H,38,42)(H,39,41)(H,45,46)/t21?,22-,24-,26-,27-,28-/m0/s1. The second kappa shape index (κ2) is 20.2. The predicted molar refractivity (Wildman–Crippen MR) is 175 cm³/mol. The van der Waals surface area contributed by atoms with Gasteiger partial charge >= 0.3 is 5.97 Å². The number of carboxylic acid groups (broad SMARTS) is 1. The van der Waals surface area contributed by atoms with Crippen molar-refractivity contribution in [2.75, 3.05) is 6.54 Å². The molecule has 1 rings (SSSR count). The van der Waals surface area contributed by atoms with Gasteiger partial charge in [-0.1, -0.05) is 78.3 Å². The van der Waals surface area contributed by atoms with Crippen LogP contribution < -0.4 is 32.3 Å². The summed E-state index contributed by atoms with van der Waals surface area (Å²) in [5.74, 6) is -4.95. The van der Waals surface area contributed by atoms with E-state index in [2.05, 4.69) is 26.6 Å². The summed E-state index contributed by atoms with van der Waals surface area (Å²) in [5.41, 5.74) is 6.46. The molecule has 13 nitrogen and oxygen atoms in total. The number of hydrogen-bond acceptors (Lipinski definition) is 7. The van der Waals surface area contributed by atoms with Crippen molar-refractivity contribution in [1.29, 1.82) is 0 Å². The Balaban J connectivity index is 3.06. The minimum absolute atomic E-state index is 0.0948. The molecule has 1 aromatic carbocycles. The topological polar surface area (TPSA) is 209 Å². The number of aliphatic carboxylic acids is 1. The number of amides is 5. The SMILES string of the molecule is CCC(C)[C@H](NC(=O)Cc1ccccc1)C(=O)N[C@@H](CCCCN)C(=O)N[C@H](C(=O)N[C@@H](C)C(=O)N[C@H](C(=O)O)C(C)C)C(C)C. The Bertz CT molecular complexity index is 1160. The summed E-state index contributed by atoms with van der Waals surface area (Å²) in [5, 5.41) is 22.7. The first-order valence-electron chi connectivity index (χ1n) is 16.1. The lowest BCUT2D eigenvalue weighted by atomic mass is 9.96. The molecule has 0 bridgehead atoms. The van der Waals surface area contributed by atoms with E-state index < -0.39 is 65.7 Å². The van der Waals surface area contributed by atoms with Crippen molar-refractivity contribution < 1.29 is 33.9 Å². The van der Waals surface area contributed by atoms with Gasteiger partial charge in [0.2, 0.25) is 29.5 Å². The van der Waals surface area contributed by atoms with Crippen LogP contribution in [0.3, 0.4) is 0 Å². The molecule has 0 radical (unpaired) electrons. The number of carbonyl (C=O) groups is 6. The van der Waals surface area contributed by atoms with Gasteiger partial charge in [0.25, 0.3) is 0 Å². The summed E-state index contributed by atoms with van der Waals surface area (Å²) in [4.78, 5) is 77.3. The number of nitrogens with one attached hydrogen (secondary N) is 5. The van der Waals surface area contributed by atoms with Gasteiger partial charge in [-0.3, -0.25) is 24.0 Å². The number of carboxylic acids is 1. The van der Waals surface area contributed by atoms with Gasteiger partial charge in [-0.2, -0.15) is 0 Å². The van der Waals surface area contributed by atoms with E-state index in [1.54, 1.807) is 27.7 Å². The van der Waals surface area contributed by atoms with Gasteiger partial charge in [0.05, 0.1) is 6.42 Å². The first-order valence-corrected chi connectivity index (χ1v) is 16.1. The average Bonchev–Trinajstić information content (AvgIpc) is 2.99. The Kier molecular flexibility index (Phi) is 17.6. The lowest BCUT2D eigenvalue weighted by Gasteiger charge is -2.29. The van der Waals surface area contributed by atoms with E-state index in [0.29, 0.717) is 25.8 Å². The summed E-state index contributed by atoms with van der Waals surface area (Å²) in [6.07, 6.45) is 2.07. The molecule has 46 heavy (non-hydrogen) atoms. The maximum Gasteiger partial charge on any atom is 0.326 e. The molecule has 13 heteroatoms. The van der Waals surface area contributed by atoms with E-state index in [4.69, 9.17) is 5.73 Å². The third-order valence-corrected chi connectivity index (χ3v) is 7.83. The summed E-state index contributed by atoms with van der Waals surface area (Å²) in [7, 11) is 0. The molecule has 0 fully saturated rings. The van der Waals surface area contributed by atoms with Crippen molar-refractivity contribution in [3.63, 3.8) is 0 Å².